The van der Waals surface area contributed by atoms with Crippen molar-refractivity contribution in [1.82, 2.24) is 5.32 Å². The largest absolute Gasteiger partial charge is 0.460 e. The molecule has 3 aliphatic carbocycles. The quantitative estimate of drug-likeness (QED) is 0.251. The van der Waals surface area contributed by atoms with Crippen molar-refractivity contribution in [2.75, 3.05) is 13.4 Å². The van der Waals surface area contributed by atoms with Crippen LogP contribution in [-0.2, 0) is 33.3 Å². The van der Waals surface area contributed by atoms with Crippen molar-refractivity contribution in [1.29, 1.82) is 0 Å². The van der Waals surface area contributed by atoms with Gasteiger partial charge in [0.2, 0.25) is 5.91 Å². The van der Waals surface area contributed by atoms with E-state index in [1.165, 1.54) is 5.57 Å². The summed E-state index contributed by atoms with van der Waals surface area (Å²) in [6.07, 6.45) is 8.00. The van der Waals surface area contributed by atoms with Gasteiger partial charge < -0.3 is 34.1 Å². The summed E-state index contributed by atoms with van der Waals surface area (Å²) in [6.45, 7) is 12.0. The first-order chi connectivity index (χ1) is 23.2. The molecule has 1 aromatic carbocycles. The van der Waals surface area contributed by atoms with Crippen LogP contribution in [0.5, 0.6) is 0 Å². The van der Waals surface area contributed by atoms with Crippen LogP contribution in [0.2, 0.25) is 0 Å². The van der Waals surface area contributed by atoms with E-state index in [0.717, 1.165) is 37.7 Å². The second kappa shape index (κ2) is 13.9. The summed E-state index contributed by atoms with van der Waals surface area (Å²) in [5, 5.41) is 12.7. The fourth-order valence-electron chi connectivity index (χ4n) is 8.31. The van der Waals surface area contributed by atoms with Crippen molar-refractivity contribution in [3.05, 3.63) is 52.6 Å². The lowest BCUT2D eigenvalue weighted by Gasteiger charge is -2.53. The number of aliphatic hydroxyl groups is 1. The van der Waals surface area contributed by atoms with Gasteiger partial charge in [-0.05, 0) is 101 Å². The number of nitrogens with one attached hydrogen (secondary N) is 1. The maximum Gasteiger partial charge on any atom is 0.339 e. The first-order valence-electron chi connectivity index (χ1n) is 17.9. The van der Waals surface area contributed by atoms with Gasteiger partial charge in [-0.2, -0.15) is 0 Å². The van der Waals surface area contributed by atoms with E-state index >= 15 is 0 Å². The third kappa shape index (κ3) is 8.14. The van der Waals surface area contributed by atoms with Crippen molar-refractivity contribution in [2.24, 2.45) is 17.3 Å². The first-order valence-corrected chi connectivity index (χ1v) is 17.9. The molecule has 6 rings (SSSR count). The van der Waals surface area contributed by atoms with Gasteiger partial charge in [0.15, 0.2) is 0 Å². The van der Waals surface area contributed by atoms with E-state index in [1.54, 1.807) is 32.9 Å². The zero-order chi connectivity index (χ0) is 35.1. The van der Waals surface area contributed by atoms with E-state index in [-0.39, 0.29) is 43.7 Å². The number of carbonyl (C=O) groups excluding carboxylic acids is 3. The minimum Gasteiger partial charge on any atom is -0.460 e. The molecule has 2 saturated heterocycles. The third-order valence-corrected chi connectivity index (χ3v) is 11.1. The smallest absolute Gasteiger partial charge is 0.339 e. The van der Waals surface area contributed by atoms with E-state index in [1.807, 2.05) is 18.2 Å². The average molecular weight is 680 g/mol. The van der Waals surface area contributed by atoms with Gasteiger partial charge in [0.1, 0.15) is 30.7 Å². The standard InChI is InChI=1S/C39H53NO9/c1-37(2,3)49-33(42)14-12-26(21-41)40-35(43)25-18-30-34(46-22-45-30)31(19-25)47-36(44)27-10-8-7-9-23(27)17-24-11-13-32-39(6,48-32)16-15-29-28(24)20-38(29,4)5/h7-10,17-18,26,28-32,34,41H,11-16,19-22H2,1-6H3,(H,40,43)/t26-,28+,29+,30+,31+,32?,34+,39+/m0/s1. The Bertz CT molecular complexity index is 1490. The van der Waals surface area contributed by atoms with Gasteiger partial charge in [0, 0.05) is 18.4 Å². The third-order valence-electron chi connectivity index (χ3n) is 11.1. The Balaban J connectivity index is 1.14. The zero-order valence-corrected chi connectivity index (χ0v) is 29.8. The minimum atomic E-state index is -0.757. The molecular weight excluding hydrogens is 626 g/mol. The molecule has 1 amide bonds. The second-order valence-electron chi connectivity index (χ2n) is 16.4. The molecule has 10 nitrogen and oxygen atoms in total. The van der Waals surface area contributed by atoms with Gasteiger partial charge >= 0.3 is 11.9 Å². The predicted octanol–water partition coefficient (Wildman–Crippen LogP) is 5.66. The summed E-state index contributed by atoms with van der Waals surface area (Å²) in [5.74, 6) is -0.236. The summed E-state index contributed by atoms with van der Waals surface area (Å²) in [7, 11) is 0. The molecule has 49 heavy (non-hydrogen) atoms. The molecule has 2 saturated carbocycles. The number of ether oxygens (including phenoxy) is 5. The van der Waals surface area contributed by atoms with Crippen LogP contribution in [0.25, 0.3) is 6.08 Å². The Morgan fingerprint density at radius 1 is 1.12 bits per heavy atom. The fraction of sp³-hybridized carbons (Fsp3) is 0.667. The van der Waals surface area contributed by atoms with Gasteiger partial charge in [-0.15, -0.1) is 0 Å². The van der Waals surface area contributed by atoms with Gasteiger partial charge in [0.05, 0.1) is 29.9 Å². The van der Waals surface area contributed by atoms with E-state index in [2.05, 4.69) is 32.2 Å². The number of carbonyl (C=O) groups is 3. The molecule has 1 unspecified atom stereocenters. The van der Waals surface area contributed by atoms with E-state index in [0.29, 0.717) is 29.1 Å². The van der Waals surface area contributed by atoms with E-state index < -0.39 is 47.8 Å². The lowest BCUT2D eigenvalue weighted by molar-refractivity contribution is -0.155. The topological polar surface area (TPSA) is 133 Å². The van der Waals surface area contributed by atoms with Gasteiger partial charge in [0.25, 0.3) is 0 Å². The normalized spacial score (nSPS) is 33.2. The summed E-state index contributed by atoms with van der Waals surface area (Å²) in [4.78, 5) is 39.5. The number of allylic oxidation sites excluding steroid dienone is 1. The highest BCUT2D eigenvalue weighted by Crippen LogP contribution is 2.59. The summed E-state index contributed by atoms with van der Waals surface area (Å²) < 4.78 is 29.2. The Morgan fingerprint density at radius 3 is 2.63 bits per heavy atom. The first kappa shape index (κ1) is 35.8. The maximum absolute atomic E-state index is 13.9. The van der Waals surface area contributed by atoms with Crippen LogP contribution in [0.4, 0.5) is 0 Å². The number of amides is 1. The minimum absolute atomic E-state index is 0.000553. The highest BCUT2D eigenvalue weighted by Gasteiger charge is 2.56. The number of hydrogen-bond acceptors (Lipinski definition) is 9. The summed E-state index contributed by atoms with van der Waals surface area (Å²) >= 11 is 0. The molecule has 10 heteroatoms. The van der Waals surface area contributed by atoms with Crippen molar-refractivity contribution < 1.29 is 43.2 Å². The van der Waals surface area contributed by atoms with Crippen molar-refractivity contribution in [2.45, 2.75) is 135 Å². The van der Waals surface area contributed by atoms with Gasteiger partial charge in [-0.3, -0.25) is 9.59 Å². The van der Waals surface area contributed by atoms with Crippen LogP contribution in [0.1, 0.15) is 109 Å². The molecule has 0 radical (unpaired) electrons. The number of epoxide rings is 1. The highest BCUT2D eigenvalue weighted by atomic mass is 16.7. The molecule has 5 aliphatic rings. The molecule has 2 aliphatic heterocycles. The van der Waals surface area contributed by atoms with Crippen LogP contribution < -0.4 is 5.32 Å². The SMILES string of the molecule is CC(C)(C)OC(=O)CC[C@@H](CO)NC(=O)C1=C[C@H]2OCO[C@H]2[C@H](OC(=O)c2ccccc2C=C2CCC3O[C@]3(C)CC[C@@H]3[C@@H]2CC3(C)C)C1. The molecule has 8 atom stereocenters. The molecule has 0 spiro atoms. The van der Waals surface area contributed by atoms with Crippen molar-refractivity contribution in [3.63, 3.8) is 0 Å². The number of hydrogen-bond donors (Lipinski definition) is 2. The van der Waals surface area contributed by atoms with Crippen LogP contribution in [-0.4, -0.2) is 78.0 Å². The van der Waals surface area contributed by atoms with E-state index in [9.17, 15) is 19.5 Å². The molecule has 1 aromatic rings. The molecule has 268 valence electrons. The van der Waals surface area contributed by atoms with E-state index in [4.69, 9.17) is 23.7 Å². The zero-order valence-electron chi connectivity index (χ0n) is 29.8. The molecule has 0 bridgehead atoms. The van der Waals surface area contributed by atoms with Crippen LogP contribution in [0, 0.1) is 17.3 Å². The Morgan fingerprint density at radius 2 is 1.90 bits per heavy atom. The number of esters is 2. The van der Waals surface area contributed by atoms with Crippen LogP contribution in [0.3, 0.4) is 0 Å². The molecule has 2 heterocycles. The Labute approximate surface area is 289 Å². The number of benzene rings is 1. The maximum atomic E-state index is 13.9. The van der Waals surface area contributed by atoms with Crippen molar-refractivity contribution in [3.8, 4) is 0 Å². The molecule has 2 N–H and O–H groups in total. The number of fused-ring (bicyclic) bond motifs is 3. The summed E-state index contributed by atoms with van der Waals surface area (Å²) in [5.41, 5.74) is 2.70. The highest BCUT2D eigenvalue weighted by molar-refractivity contribution is 5.95. The molecular formula is C39H53NO9. The molecule has 0 aromatic heterocycles. The summed E-state index contributed by atoms with van der Waals surface area (Å²) in [6, 6.07) is 6.89. The van der Waals surface area contributed by atoms with Gasteiger partial charge in [-0.1, -0.05) is 43.7 Å². The lowest BCUT2D eigenvalue weighted by Crippen LogP contribution is -2.45. The Hall–Kier alpha value is -3.05. The fourth-order valence-corrected chi connectivity index (χ4v) is 8.31. The number of aliphatic hydroxyl groups excluding tert-OH is 1. The van der Waals surface area contributed by atoms with Gasteiger partial charge in [-0.25, -0.2) is 4.79 Å². The van der Waals surface area contributed by atoms with Crippen LogP contribution >= 0.6 is 0 Å². The number of rotatable bonds is 9. The van der Waals surface area contributed by atoms with Crippen molar-refractivity contribution >= 4 is 23.9 Å². The molecule has 4 fully saturated rings. The Kier molecular flexibility index (Phi) is 10.2. The monoisotopic (exact) mass is 679 g/mol. The predicted molar refractivity (Wildman–Crippen MR) is 182 cm³/mol. The second-order valence-corrected chi connectivity index (χ2v) is 16.4. The average Bonchev–Trinajstić information content (AvgIpc) is 3.41. The lowest BCUT2D eigenvalue weighted by atomic mass is 9.52. The van der Waals surface area contributed by atoms with Crippen LogP contribution in [0.15, 0.2) is 41.5 Å².